The van der Waals surface area contributed by atoms with E-state index in [9.17, 15) is 15.0 Å². The normalized spacial score (nSPS) is 30.3. The molecule has 0 amide bonds. The second-order valence-electron chi connectivity index (χ2n) is 3.72. The number of hydrogen-bond donors (Lipinski definition) is 2. The first-order valence-electron chi connectivity index (χ1n) is 4.71. The number of ether oxygens (including phenoxy) is 1. The Labute approximate surface area is 83.3 Å². The van der Waals surface area contributed by atoms with Crippen molar-refractivity contribution >= 4 is 5.97 Å². The fourth-order valence-corrected chi connectivity index (χ4v) is 1.61. The van der Waals surface area contributed by atoms with Crippen molar-refractivity contribution in [3.8, 4) is 0 Å². The monoisotopic (exact) mass is 203 g/mol. The molecule has 14 heavy (non-hydrogen) atoms. The summed E-state index contributed by atoms with van der Waals surface area (Å²) in [5, 5.41) is 18.6. The Balaban J connectivity index is 2.39. The zero-order chi connectivity index (χ0) is 10.7. The molecule has 5 heteroatoms. The Hall–Kier alpha value is -0.650. The van der Waals surface area contributed by atoms with Crippen LogP contribution in [0.4, 0.5) is 0 Å². The fourth-order valence-electron chi connectivity index (χ4n) is 1.61. The molecular weight excluding hydrogens is 186 g/mol. The smallest absolute Gasteiger partial charge is 0.307 e. The minimum Gasteiger partial charge on any atom is -0.469 e. The quantitative estimate of drug-likeness (QED) is 0.574. The molecule has 0 aromatic carbocycles. The average Bonchev–Trinajstić information content (AvgIpc) is 2.47. The fraction of sp³-hybridized carbons (Fsp3) is 0.889. The molecule has 1 saturated heterocycles. The second kappa shape index (κ2) is 4.72. The van der Waals surface area contributed by atoms with Gasteiger partial charge in [-0.05, 0) is 6.92 Å². The van der Waals surface area contributed by atoms with Gasteiger partial charge in [-0.2, -0.15) is 0 Å². The van der Waals surface area contributed by atoms with E-state index in [4.69, 9.17) is 0 Å². The van der Waals surface area contributed by atoms with Crippen LogP contribution >= 0.6 is 0 Å². The lowest BCUT2D eigenvalue weighted by molar-refractivity contribution is -0.141. The first-order valence-corrected chi connectivity index (χ1v) is 4.71. The summed E-state index contributed by atoms with van der Waals surface area (Å²) in [6, 6.07) is -0.00532. The molecular formula is C9H17NO4. The van der Waals surface area contributed by atoms with Crippen molar-refractivity contribution in [3.63, 3.8) is 0 Å². The number of rotatable bonds is 3. The number of carbonyl (C=O) groups excluding carboxylic acids is 1. The number of esters is 1. The highest BCUT2D eigenvalue weighted by Gasteiger charge is 2.32. The van der Waals surface area contributed by atoms with E-state index >= 15 is 0 Å². The van der Waals surface area contributed by atoms with E-state index in [1.165, 1.54) is 7.11 Å². The number of carbonyl (C=O) groups is 1. The average molecular weight is 203 g/mol. The van der Waals surface area contributed by atoms with Gasteiger partial charge in [0.15, 0.2) is 0 Å². The van der Waals surface area contributed by atoms with Crippen molar-refractivity contribution in [2.75, 3.05) is 20.2 Å². The highest BCUT2D eigenvalue weighted by atomic mass is 16.5. The Bertz CT molecular complexity index is 199. The lowest BCUT2D eigenvalue weighted by atomic mass is 10.2. The molecule has 3 unspecified atom stereocenters. The third-order valence-electron chi connectivity index (χ3n) is 2.60. The topological polar surface area (TPSA) is 70.0 Å². The molecule has 0 saturated carbocycles. The first kappa shape index (κ1) is 11.4. The molecule has 0 aromatic heterocycles. The standard InChI is InChI=1S/C9H17NO4/c1-6(3-9(13)14-2)10-4-7(11)8(12)5-10/h6-8,11-12H,3-5H2,1-2H3. The maximum Gasteiger partial charge on any atom is 0.307 e. The predicted molar refractivity (Wildman–Crippen MR) is 49.7 cm³/mol. The van der Waals surface area contributed by atoms with Gasteiger partial charge in [0.05, 0.1) is 25.7 Å². The number of likely N-dealkylation sites (tertiary alicyclic amines) is 1. The summed E-state index contributed by atoms with van der Waals surface area (Å²) < 4.78 is 4.54. The van der Waals surface area contributed by atoms with Crippen LogP contribution in [-0.4, -0.2) is 59.5 Å². The van der Waals surface area contributed by atoms with Crippen LogP contribution in [0.1, 0.15) is 13.3 Å². The SMILES string of the molecule is COC(=O)CC(C)N1CC(O)C(O)C1. The molecule has 0 radical (unpaired) electrons. The van der Waals surface area contributed by atoms with Crippen LogP contribution in [0, 0.1) is 0 Å². The zero-order valence-electron chi connectivity index (χ0n) is 8.51. The number of methoxy groups -OCH3 is 1. The van der Waals surface area contributed by atoms with Gasteiger partial charge >= 0.3 is 5.97 Å². The number of β-amino-alcohol motifs (C(OH)–C–C–N with tert-alkyl or cyclic N) is 2. The maximum atomic E-state index is 11.0. The van der Waals surface area contributed by atoms with Gasteiger partial charge in [-0.1, -0.05) is 0 Å². The Morgan fingerprint density at radius 1 is 1.50 bits per heavy atom. The first-order chi connectivity index (χ1) is 6.54. The lowest BCUT2D eigenvalue weighted by Crippen LogP contribution is -2.34. The predicted octanol–water partition coefficient (Wildman–Crippen LogP) is -1.02. The molecule has 5 nitrogen and oxygen atoms in total. The third-order valence-corrected chi connectivity index (χ3v) is 2.60. The minimum atomic E-state index is -0.699. The number of aliphatic hydroxyl groups excluding tert-OH is 2. The Morgan fingerprint density at radius 3 is 2.43 bits per heavy atom. The van der Waals surface area contributed by atoms with Crippen molar-refractivity contribution in [1.29, 1.82) is 0 Å². The van der Waals surface area contributed by atoms with Crippen molar-refractivity contribution in [2.45, 2.75) is 31.6 Å². The van der Waals surface area contributed by atoms with E-state index in [0.717, 1.165) is 0 Å². The molecule has 1 heterocycles. The van der Waals surface area contributed by atoms with Crippen LogP contribution < -0.4 is 0 Å². The molecule has 0 bridgehead atoms. The summed E-state index contributed by atoms with van der Waals surface area (Å²) in [6.07, 6.45) is -1.11. The van der Waals surface area contributed by atoms with Crippen molar-refractivity contribution in [2.24, 2.45) is 0 Å². The van der Waals surface area contributed by atoms with Gasteiger partial charge in [-0.25, -0.2) is 0 Å². The largest absolute Gasteiger partial charge is 0.469 e. The van der Waals surface area contributed by atoms with E-state index in [1.54, 1.807) is 0 Å². The minimum absolute atomic E-state index is 0.00532. The third kappa shape index (κ3) is 2.67. The molecule has 1 fully saturated rings. The summed E-state index contributed by atoms with van der Waals surface area (Å²) in [6.45, 7) is 2.71. The Kier molecular flexibility index (Phi) is 3.86. The molecule has 1 aliphatic heterocycles. The molecule has 82 valence electrons. The second-order valence-corrected chi connectivity index (χ2v) is 3.72. The summed E-state index contributed by atoms with van der Waals surface area (Å²) in [5.41, 5.74) is 0. The van der Waals surface area contributed by atoms with Crippen LogP contribution in [0.2, 0.25) is 0 Å². The van der Waals surface area contributed by atoms with Crippen LogP contribution in [0.15, 0.2) is 0 Å². The lowest BCUT2D eigenvalue weighted by Gasteiger charge is -2.22. The van der Waals surface area contributed by atoms with Gasteiger partial charge in [0, 0.05) is 19.1 Å². The van der Waals surface area contributed by atoms with Gasteiger partial charge in [0.1, 0.15) is 0 Å². The highest BCUT2D eigenvalue weighted by molar-refractivity contribution is 5.69. The Morgan fingerprint density at radius 2 is 2.00 bits per heavy atom. The number of nitrogens with zero attached hydrogens (tertiary/aromatic N) is 1. The van der Waals surface area contributed by atoms with Gasteiger partial charge in [0.2, 0.25) is 0 Å². The molecule has 2 N–H and O–H groups in total. The van der Waals surface area contributed by atoms with Crippen molar-refractivity contribution in [3.05, 3.63) is 0 Å². The van der Waals surface area contributed by atoms with E-state index in [2.05, 4.69) is 4.74 Å². The van der Waals surface area contributed by atoms with E-state index in [1.807, 2.05) is 11.8 Å². The summed E-state index contributed by atoms with van der Waals surface area (Å²) in [5.74, 6) is -0.270. The van der Waals surface area contributed by atoms with Crippen LogP contribution in [0.25, 0.3) is 0 Å². The van der Waals surface area contributed by atoms with Gasteiger partial charge in [-0.3, -0.25) is 9.69 Å². The van der Waals surface area contributed by atoms with Crippen LogP contribution in [-0.2, 0) is 9.53 Å². The van der Waals surface area contributed by atoms with Crippen LogP contribution in [0.5, 0.6) is 0 Å². The molecule has 0 aliphatic carbocycles. The molecule has 1 aliphatic rings. The van der Waals surface area contributed by atoms with Crippen molar-refractivity contribution < 1.29 is 19.7 Å². The van der Waals surface area contributed by atoms with Gasteiger partial charge in [0.25, 0.3) is 0 Å². The van der Waals surface area contributed by atoms with E-state index in [0.29, 0.717) is 13.1 Å². The molecule has 0 spiro atoms. The van der Waals surface area contributed by atoms with Crippen LogP contribution in [0.3, 0.4) is 0 Å². The molecule has 3 atom stereocenters. The molecule has 0 aromatic rings. The number of aliphatic hydroxyl groups is 2. The maximum absolute atomic E-state index is 11.0. The number of hydrogen-bond acceptors (Lipinski definition) is 5. The summed E-state index contributed by atoms with van der Waals surface area (Å²) >= 11 is 0. The van der Waals surface area contributed by atoms with Crippen molar-refractivity contribution in [1.82, 2.24) is 4.90 Å². The zero-order valence-corrected chi connectivity index (χ0v) is 8.51. The summed E-state index contributed by atoms with van der Waals surface area (Å²) in [4.78, 5) is 12.8. The highest BCUT2D eigenvalue weighted by Crippen LogP contribution is 2.15. The van der Waals surface area contributed by atoms with E-state index < -0.39 is 12.2 Å². The summed E-state index contributed by atoms with van der Waals surface area (Å²) in [7, 11) is 1.35. The van der Waals surface area contributed by atoms with Gasteiger partial charge < -0.3 is 14.9 Å². The van der Waals surface area contributed by atoms with E-state index in [-0.39, 0.29) is 18.4 Å². The molecule has 1 rings (SSSR count). The van der Waals surface area contributed by atoms with Gasteiger partial charge in [-0.15, -0.1) is 0 Å².